The van der Waals surface area contributed by atoms with Crippen LogP contribution in [0.25, 0.3) is 12.8 Å². The summed E-state index contributed by atoms with van der Waals surface area (Å²) >= 11 is 4.88. The van der Waals surface area contributed by atoms with Gasteiger partial charge >= 0.3 is 0 Å². The first-order chi connectivity index (χ1) is 7.63. The van der Waals surface area contributed by atoms with Gasteiger partial charge in [0.2, 0.25) is 0 Å². The second-order valence-corrected chi connectivity index (χ2v) is 3.49. The molecule has 0 unspecified atom stereocenters. The highest BCUT2D eigenvalue weighted by atomic mass is 32.1. The molecule has 0 bridgehead atoms. The van der Waals surface area contributed by atoms with Gasteiger partial charge in [-0.3, -0.25) is 0 Å². The van der Waals surface area contributed by atoms with Gasteiger partial charge in [-0.25, -0.2) is 0 Å². The Morgan fingerprint density at radius 1 is 1.75 bits per heavy atom. The summed E-state index contributed by atoms with van der Waals surface area (Å²) in [5, 5.41) is 16.7. The molecule has 0 aliphatic rings. The minimum atomic E-state index is 0.129. The maximum atomic E-state index is 9.24. The molecule has 1 aromatic rings. The zero-order chi connectivity index (χ0) is 12.0. The zero-order valence-corrected chi connectivity index (χ0v) is 9.86. The van der Waals surface area contributed by atoms with Crippen LogP contribution in [0.15, 0.2) is 6.07 Å². The lowest BCUT2D eigenvalue weighted by molar-refractivity contribution is 0.298. The van der Waals surface area contributed by atoms with E-state index in [0.29, 0.717) is 29.0 Å². The summed E-state index contributed by atoms with van der Waals surface area (Å²) < 4.78 is 5.24. The molecule has 0 aromatic carbocycles. The number of H-pyrrole nitrogens is 1. The topological polar surface area (TPSA) is 69.3 Å². The first-order valence-electron chi connectivity index (χ1n) is 4.78. The van der Waals surface area contributed by atoms with Crippen LogP contribution in [0.1, 0.15) is 0 Å². The van der Waals surface area contributed by atoms with E-state index in [1.54, 1.807) is 13.1 Å². The average Bonchev–Trinajstić information content (AvgIpc) is 2.57. The van der Waals surface area contributed by atoms with Gasteiger partial charge in [0, 0.05) is 13.1 Å². The van der Waals surface area contributed by atoms with E-state index in [0.717, 1.165) is 0 Å². The van der Waals surface area contributed by atoms with Gasteiger partial charge in [0.15, 0.2) is 5.11 Å². The van der Waals surface area contributed by atoms with Gasteiger partial charge < -0.3 is 25.5 Å². The Bertz CT molecular complexity index is 455. The highest BCUT2D eigenvalue weighted by Gasteiger charge is 1.92. The molecule has 16 heavy (non-hydrogen) atoms. The number of hydrogen-bond acceptors (Lipinski definition) is 3. The highest BCUT2D eigenvalue weighted by Crippen LogP contribution is 1.89. The van der Waals surface area contributed by atoms with Gasteiger partial charge in [0.25, 0.3) is 0 Å². The third-order valence-corrected chi connectivity index (χ3v) is 2.19. The van der Waals surface area contributed by atoms with E-state index >= 15 is 0 Å². The molecule has 0 spiro atoms. The second kappa shape index (κ2) is 6.02. The molecule has 1 rings (SSSR count). The number of rotatable bonds is 4. The van der Waals surface area contributed by atoms with Crippen LogP contribution < -0.4 is 21.3 Å². The fourth-order valence-electron chi connectivity index (χ4n) is 1.03. The monoisotopic (exact) mass is 241 g/mol. The van der Waals surface area contributed by atoms with Crippen LogP contribution in [-0.4, -0.2) is 35.4 Å². The number of ether oxygens (including phenoxy) is 1. The molecule has 88 valence electrons. The first kappa shape index (κ1) is 12.4. The molecule has 1 aromatic heterocycles. The van der Waals surface area contributed by atoms with Crippen molar-refractivity contribution < 1.29 is 9.84 Å². The van der Waals surface area contributed by atoms with Crippen LogP contribution in [0.3, 0.4) is 0 Å². The van der Waals surface area contributed by atoms with Crippen molar-refractivity contribution in [2.45, 2.75) is 0 Å². The Hall–Kier alpha value is -1.69. The van der Waals surface area contributed by atoms with Crippen molar-refractivity contribution in [2.75, 3.05) is 20.2 Å². The van der Waals surface area contributed by atoms with E-state index in [1.165, 1.54) is 6.26 Å². The predicted octanol–water partition coefficient (Wildman–Crippen LogP) is -1.02. The van der Waals surface area contributed by atoms with E-state index in [2.05, 4.69) is 22.2 Å². The number of hydrogen-bond donors (Lipinski definition) is 4. The highest BCUT2D eigenvalue weighted by molar-refractivity contribution is 7.80. The Morgan fingerprint density at radius 2 is 2.50 bits per heavy atom. The largest absolute Gasteiger partial charge is 0.506 e. The zero-order valence-electron chi connectivity index (χ0n) is 9.04. The van der Waals surface area contributed by atoms with E-state index in [-0.39, 0.29) is 5.75 Å². The number of aromatic amines is 1. The molecule has 5 nitrogen and oxygen atoms in total. The van der Waals surface area contributed by atoms with Crippen molar-refractivity contribution in [3.05, 3.63) is 16.8 Å². The van der Waals surface area contributed by atoms with Gasteiger partial charge in [-0.2, -0.15) is 0 Å². The fourth-order valence-corrected chi connectivity index (χ4v) is 1.13. The minimum Gasteiger partial charge on any atom is -0.506 e. The SMILES string of the molecule is C=c1[nH]c(=COCCNC(=S)NC)cc1O. The van der Waals surface area contributed by atoms with Crippen LogP contribution >= 0.6 is 12.2 Å². The van der Waals surface area contributed by atoms with Crippen LogP contribution in [0, 0.1) is 0 Å². The number of aromatic nitrogens is 1. The minimum absolute atomic E-state index is 0.129. The Kier molecular flexibility index (Phi) is 4.65. The van der Waals surface area contributed by atoms with Gasteiger partial charge in [-0.05, 0) is 12.2 Å². The van der Waals surface area contributed by atoms with Gasteiger partial charge in [-0.15, -0.1) is 0 Å². The number of aromatic hydroxyl groups is 1. The Morgan fingerprint density at radius 3 is 3.06 bits per heavy atom. The fraction of sp³-hybridized carbons (Fsp3) is 0.300. The van der Waals surface area contributed by atoms with Crippen molar-refractivity contribution >= 4 is 30.2 Å². The molecule has 0 saturated heterocycles. The molecule has 0 aliphatic carbocycles. The Labute approximate surface area is 98.8 Å². The average molecular weight is 241 g/mol. The lowest BCUT2D eigenvalue weighted by atomic mass is 10.5. The molecule has 1 heterocycles. The molecule has 0 amide bonds. The van der Waals surface area contributed by atoms with Crippen molar-refractivity contribution in [3.63, 3.8) is 0 Å². The second-order valence-electron chi connectivity index (χ2n) is 3.08. The maximum Gasteiger partial charge on any atom is 0.166 e. The molecule has 0 saturated carbocycles. The quantitative estimate of drug-likeness (QED) is 0.401. The first-order valence-corrected chi connectivity index (χ1v) is 5.18. The summed E-state index contributed by atoms with van der Waals surface area (Å²) in [6, 6.07) is 1.55. The summed E-state index contributed by atoms with van der Waals surface area (Å²) in [6.07, 6.45) is 1.53. The summed E-state index contributed by atoms with van der Waals surface area (Å²) in [4.78, 5) is 2.85. The third kappa shape index (κ3) is 3.82. The normalized spacial score (nSPS) is 11.2. The standard InChI is InChI=1S/C10H15N3O2S/c1-7-9(14)5-8(13-7)6-15-4-3-12-10(16)11-2/h5-6,13-14H,1,3-4H2,2H3,(H2,11,12,16). The molecular formula is C10H15N3O2S. The summed E-state index contributed by atoms with van der Waals surface area (Å²) in [5.74, 6) is 0.129. The van der Waals surface area contributed by atoms with E-state index < -0.39 is 0 Å². The van der Waals surface area contributed by atoms with E-state index in [9.17, 15) is 5.11 Å². The third-order valence-electron chi connectivity index (χ3n) is 1.84. The molecule has 4 N–H and O–H groups in total. The lowest BCUT2D eigenvalue weighted by Gasteiger charge is -2.05. The molecule has 6 heteroatoms. The summed E-state index contributed by atoms with van der Waals surface area (Å²) in [7, 11) is 1.75. The van der Waals surface area contributed by atoms with E-state index in [1.807, 2.05) is 0 Å². The summed E-state index contributed by atoms with van der Waals surface area (Å²) in [6.45, 7) is 4.69. The van der Waals surface area contributed by atoms with Crippen LogP contribution in [0.5, 0.6) is 5.75 Å². The van der Waals surface area contributed by atoms with Gasteiger partial charge in [0.1, 0.15) is 18.6 Å². The van der Waals surface area contributed by atoms with Crippen LogP contribution in [0.2, 0.25) is 0 Å². The van der Waals surface area contributed by atoms with Gasteiger partial charge in [0.05, 0.1) is 17.2 Å². The molecule has 0 aliphatic heterocycles. The molecule has 0 fully saturated rings. The van der Waals surface area contributed by atoms with Crippen molar-refractivity contribution in [2.24, 2.45) is 0 Å². The maximum absolute atomic E-state index is 9.24. The van der Waals surface area contributed by atoms with Gasteiger partial charge in [-0.1, -0.05) is 6.58 Å². The number of thiocarbonyl (C=S) groups is 1. The van der Waals surface area contributed by atoms with Crippen molar-refractivity contribution in [1.82, 2.24) is 15.6 Å². The summed E-state index contributed by atoms with van der Waals surface area (Å²) in [5.41, 5.74) is 0. The van der Waals surface area contributed by atoms with Crippen molar-refractivity contribution in [1.29, 1.82) is 0 Å². The molecule has 0 radical (unpaired) electrons. The number of nitrogens with one attached hydrogen (secondary N) is 3. The smallest absolute Gasteiger partial charge is 0.166 e. The Balaban J connectivity index is 2.32. The van der Waals surface area contributed by atoms with Crippen molar-refractivity contribution in [3.8, 4) is 5.75 Å². The molecular weight excluding hydrogens is 226 g/mol. The van der Waals surface area contributed by atoms with Crippen LogP contribution in [0.4, 0.5) is 0 Å². The molecule has 0 atom stereocenters. The predicted molar refractivity (Wildman–Crippen MR) is 67.3 cm³/mol. The van der Waals surface area contributed by atoms with Crippen LogP contribution in [-0.2, 0) is 4.74 Å². The van der Waals surface area contributed by atoms with E-state index in [4.69, 9.17) is 17.0 Å². The lowest BCUT2D eigenvalue weighted by Crippen LogP contribution is -2.34.